The zero-order valence-electron chi connectivity index (χ0n) is 10.9. The first kappa shape index (κ1) is 14.2. The summed E-state index contributed by atoms with van der Waals surface area (Å²) in [6, 6.07) is 10.0. The Labute approximate surface area is 104 Å². The van der Waals surface area contributed by atoms with E-state index in [4.69, 9.17) is 10.5 Å². The SMILES string of the molecule is COCC(CCO)(c1ccccc1)C(C)(C)N. The van der Waals surface area contributed by atoms with Gasteiger partial charge in [-0.3, -0.25) is 0 Å². The maximum atomic E-state index is 9.34. The Bertz CT molecular complexity index is 324. The van der Waals surface area contributed by atoms with E-state index in [-0.39, 0.29) is 12.0 Å². The molecule has 0 fully saturated rings. The van der Waals surface area contributed by atoms with Crippen molar-refractivity contribution in [2.24, 2.45) is 5.73 Å². The Hall–Kier alpha value is -0.900. The molecular weight excluding hydrogens is 214 g/mol. The summed E-state index contributed by atoms with van der Waals surface area (Å²) >= 11 is 0. The molecule has 1 atom stereocenters. The molecular formula is C14H23NO2. The molecule has 3 heteroatoms. The maximum absolute atomic E-state index is 9.34. The average molecular weight is 237 g/mol. The van der Waals surface area contributed by atoms with Crippen LogP contribution in [0.4, 0.5) is 0 Å². The van der Waals surface area contributed by atoms with Gasteiger partial charge in [0, 0.05) is 24.7 Å². The first-order valence-electron chi connectivity index (χ1n) is 5.92. The van der Waals surface area contributed by atoms with Crippen molar-refractivity contribution in [3.05, 3.63) is 35.9 Å². The fourth-order valence-electron chi connectivity index (χ4n) is 2.37. The molecule has 0 heterocycles. The van der Waals surface area contributed by atoms with E-state index in [2.05, 4.69) is 0 Å². The van der Waals surface area contributed by atoms with E-state index in [1.54, 1.807) is 7.11 Å². The molecule has 3 N–H and O–H groups in total. The van der Waals surface area contributed by atoms with Crippen LogP contribution in [0.15, 0.2) is 30.3 Å². The quantitative estimate of drug-likeness (QED) is 0.791. The molecule has 96 valence electrons. The van der Waals surface area contributed by atoms with Crippen LogP contribution in [0.3, 0.4) is 0 Å². The first-order valence-corrected chi connectivity index (χ1v) is 5.92. The highest BCUT2D eigenvalue weighted by Crippen LogP contribution is 2.37. The summed E-state index contributed by atoms with van der Waals surface area (Å²) in [7, 11) is 1.67. The lowest BCUT2D eigenvalue weighted by atomic mass is 9.66. The third kappa shape index (κ3) is 2.86. The van der Waals surface area contributed by atoms with Gasteiger partial charge in [0.25, 0.3) is 0 Å². The number of hydrogen-bond donors (Lipinski definition) is 2. The molecule has 0 aliphatic rings. The number of ether oxygens (including phenoxy) is 1. The third-order valence-electron chi connectivity index (χ3n) is 3.49. The molecule has 0 saturated carbocycles. The van der Waals surface area contributed by atoms with Gasteiger partial charge in [-0.1, -0.05) is 30.3 Å². The summed E-state index contributed by atoms with van der Waals surface area (Å²) in [4.78, 5) is 0. The van der Waals surface area contributed by atoms with Crippen LogP contribution in [-0.2, 0) is 10.2 Å². The van der Waals surface area contributed by atoms with Gasteiger partial charge in [-0.05, 0) is 25.8 Å². The Morgan fingerprint density at radius 3 is 2.24 bits per heavy atom. The lowest BCUT2D eigenvalue weighted by molar-refractivity contribution is 0.0661. The molecule has 0 amide bonds. The molecule has 1 unspecified atom stereocenters. The van der Waals surface area contributed by atoms with E-state index in [1.807, 2.05) is 44.2 Å². The molecule has 0 bridgehead atoms. The average Bonchev–Trinajstić information content (AvgIpc) is 2.28. The van der Waals surface area contributed by atoms with Gasteiger partial charge in [-0.25, -0.2) is 0 Å². The molecule has 0 aliphatic heterocycles. The molecule has 0 spiro atoms. The van der Waals surface area contributed by atoms with E-state index < -0.39 is 5.54 Å². The Balaban J connectivity index is 3.25. The number of aliphatic hydroxyl groups is 1. The van der Waals surface area contributed by atoms with Crippen LogP contribution in [0, 0.1) is 0 Å². The molecule has 3 nitrogen and oxygen atoms in total. The Morgan fingerprint density at radius 1 is 1.24 bits per heavy atom. The van der Waals surface area contributed by atoms with Crippen LogP contribution in [0.5, 0.6) is 0 Å². The second-order valence-corrected chi connectivity index (χ2v) is 5.08. The Kier molecular flexibility index (Phi) is 4.69. The van der Waals surface area contributed by atoms with Crippen molar-refractivity contribution in [3.63, 3.8) is 0 Å². The lowest BCUT2D eigenvalue weighted by Crippen LogP contribution is -2.57. The van der Waals surface area contributed by atoms with E-state index in [0.717, 1.165) is 5.56 Å². The highest BCUT2D eigenvalue weighted by molar-refractivity contribution is 5.30. The van der Waals surface area contributed by atoms with Crippen molar-refractivity contribution in [2.75, 3.05) is 20.3 Å². The van der Waals surface area contributed by atoms with Crippen molar-refractivity contribution in [1.82, 2.24) is 0 Å². The molecule has 0 radical (unpaired) electrons. The first-order chi connectivity index (χ1) is 7.98. The molecule has 1 rings (SSSR count). The van der Waals surface area contributed by atoms with Crippen LogP contribution in [0.2, 0.25) is 0 Å². The monoisotopic (exact) mass is 237 g/mol. The van der Waals surface area contributed by atoms with Crippen molar-refractivity contribution in [2.45, 2.75) is 31.2 Å². The summed E-state index contributed by atoms with van der Waals surface area (Å²) in [6.07, 6.45) is 0.592. The highest BCUT2D eigenvalue weighted by Gasteiger charge is 2.43. The minimum absolute atomic E-state index is 0.0961. The molecule has 17 heavy (non-hydrogen) atoms. The minimum Gasteiger partial charge on any atom is -0.396 e. The Morgan fingerprint density at radius 2 is 1.82 bits per heavy atom. The summed E-state index contributed by atoms with van der Waals surface area (Å²) in [5.41, 5.74) is 6.61. The molecule has 1 aromatic rings. The van der Waals surface area contributed by atoms with Gasteiger partial charge in [0.15, 0.2) is 0 Å². The summed E-state index contributed by atoms with van der Waals surface area (Å²) in [5, 5.41) is 9.34. The van der Waals surface area contributed by atoms with E-state index in [0.29, 0.717) is 13.0 Å². The fourth-order valence-corrected chi connectivity index (χ4v) is 2.37. The zero-order chi connectivity index (χ0) is 12.9. The summed E-state index contributed by atoms with van der Waals surface area (Å²) in [5.74, 6) is 0. The van der Waals surface area contributed by atoms with Gasteiger partial charge in [0.1, 0.15) is 0 Å². The van der Waals surface area contributed by atoms with Crippen LogP contribution in [-0.4, -0.2) is 31.0 Å². The van der Waals surface area contributed by atoms with Crippen LogP contribution in [0.1, 0.15) is 25.8 Å². The van der Waals surface area contributed by atoms with Crippen molar-refractivity contribution >= 4 is 0 Å². The van der Waals surface area contributed by atoms with E-state index in [9.17, 15) is 5.11 Å². The fraction of sp³-hybridized carbons (Fsp3) is 0.571. The molecule has 0 aliphatic carbocycles. The van der Waals surface area contributed by atoms with Gasteiger partial charge in [-0.2, -0.15) is 0 Å². The highest BCUT2D eigenvalue weighted by atomic mass is 16.5. The number of methoxy groups -OCH3 is 1. The largest absolute Gasteiger partial charge is 0.396 e. The van der Waals surface area contributed by atoms with Crippen molar-refractivity contribution < 1.29 is 9.84 Å². The smallest absolute Gasteiger partial charge is 0.0577 e. The van der Waals surface area contributed by atoms with Crippen LogP contribution >= 0.6 is 0 Å². The zero-order valence-corrected chi connectivity index (χ0v) is 10.9. The summed E-state index contributed by atoms with van der Waals surface area (Å²) in [6.45, 7) is 4.56. The van der Waals surface area contributed by atoms with E-state index in [1.165, 1.54) is 0 Å². The molecule has 1 aromatic carbocycles. The van der Waals surface area contributed by atoms with Crippen LogP contribution in [0.25, 0.3) is 0 Å². The third-order valence-corrected chi connectivity index (χ3v) is 3.49. The number of rotatable bonds is 6. The number of aliphatic hydroxyl groups excluding tert-OH is 1. The van der Waals surface area contributed by atoms with Gasteiger partial charge in [0.2, 0.25) is 0 Å². The minimum atomic E-state index is -0.465. The molecule has 0 saturated heterocycles. The maximum Gasteiger partial charge on any atom is 0.0577 e. The van der Waals surface area contributed by atoms with Crippen molar-refractivity contribution in [3.8, 4) is 0 Å². The predicted octanol–water partition coefficient (Wildman–Crippen LogP) is 1.69. The van der Waals surface area contributed by atoms with Gasteiger partial charge >= 0.3 is 0 Å². The predicted molar refractivity (Wildman–Crippen MR) is 70.0 cm³/mol. The second-order valence-electron chi connectivity index (χ2n) is 5.08. The molecule has 0 aromatic heterocycles. The normalized spacial score (nSPS) is 15.6. The van der Waals surface area contributed by atoms with Crippen molar-refractivity contribution in [1.29, 1.82) is 0 Å². The van der Waals surface area contributed by atoms with Gasteiger partial charge in [-0.15, -0.1) is 0 Å². The van der Waals surface area contributed by atoms with Crippen LogP contribution < -0.4 is 5.73 Å². The second kappa shape index (κ2) is 5.63. The topological polar surface area (TPSA) is 55.5 Å². The lowest BCUT2D eigenvalue weighted by Gasteiger charge is -2.44. The number of nitrogens with two attached hydrogens (primary N) is 1. The van der Waals surface area contributed by atoms with E-state index >= 15 is 0 Å². The standard InChI is InChI=1S/C14H23NO2/c1-13(2,15)14(9-10-16,11-17-3)12-7-5-4-6-8-12/h4-8,16H,9-11,15H2,1-3H3. The number of hydrogen-bond acceptors (Lipinski definition) is 3. The number of benzene rings is 1. The summed E-state index contributed by atoms with van der Waals surface area (Å²) < 4.78 is 5.35. The van der Waals surface area contributed by atoms with Gasteiger partial charge < -0.3 is 15.6 Å². The van der Waals surface area contributed by atoms with Gasteiger partial charge in [0.05, 0.1) is 6.61 Å².